The van der Waals surface area contributed by atoms with Crippen molar-refractivity contribution in [3.05, 3.63) is 35.9 Å². The van der Waals surface area contributed by atoms with Gasteiger partial charge in [-0.25, -0.2) is 4.79 Å². The predicted molar refractivity (Wildman–Crippen MR) is 97.8 cm³/mol. The van der Waals surface area contributed by atoms with Crippen LogP contribution in [0.4, 0.5) is 10.5 Å². The Labute approximate surface area is 144 Å². The van der Waals surface area contributed by atoms with E-state index in [2.05, 4.69) is 24.5 Å². The molecule has 0 saturated heterocycles. The molecule has 0 unspecified atom stereocenters. The largest absolute Gasteiger partial charge is 0.444 e. The lowest BCUT2D eigenvalue weighted by atomic mass is 10.1. The smallest absolute Gasteiger partial charge is 0.412 e. The number of carbonyl (C=O) groups excluding carboxylic acids is 2. The Kier molecular flexibility index (Phi) is 7.01. The number of carbonyl (C=O) groups is 2. The highest BCUT2D eigenvalue weighted by molar-refractivity contribution is 5.94. The summed E-state index contributed by atoms with van der Waals surface area (Å²) in [6, 6.07) is 7.33. The summed E-state index contributed by atoms with van der Waals surface area (Å²) in [4.78, 5) is 23.8. The standard InChI is InChI=1S/C19H28N2O3/c1-13(2)14(3)20-17(22)12-11-15-9-7-8-10-16(15)21-18(23)24-19(4,5)6/h7-14H,1-6H3,(H,20,22)(H,21,23)/t14-/m0/s1. The maximum Gasteiger partial charge on any atom is 0.412 e. The third-order valence-corrected chi connectivity index (χ3v) is 3.38. The van der Waals surface area contributed by atoms with Gasteiger partial charge in [0.2, 0.25) is 5.91 Å². The van der Waals surface area contributed by atoms with E-state index in [0.29, 0.717) is 11.6 Å². The second-order valence-corrected chi connectivity index (χ2v) is 7.09. The fraction of sp³-hybridized carbons (Fsp3) is 0.474. The number of ether oxygens (including phenoxy) is 1. The van der Waals surface area contributed by atoms with Crippen molar-refractivity contribution in [1.29, 1.82) is 0 Å². The fourth-order valence-corrected chi connectivity index (χ4v) is 1.77. The van der Waals surface area contributed by atoms with Crippen LogP contribution in [0.25, 0.3) is 6.08 Å². The average Bonchev–Trinajstić information content (AvgIpc) is 2.44. The Bertz CT molecular complexity index is 601. The minimum absolute atomic E-state index is 0.0947. The number of hydrogen-bond donors (Lipinski definition) is 2. The van der Waals surface area contributed by atoms with Crippen LogP contribution in [0.1, 0.15) is 47.1 Å². The predicted octanol–water partition coefficient (Wildman–Crippen LogP) is 4.21. The average molecular weight is 332 g/mol. The van der Waals surface area contributed by atoms with E-state index in [0.717, 1.165) is 5.56 Å². The van der Waals surface area contributed by atoms with Crippen molar-refractivity contribution >= 4 is 23.8 Å². The Morgan fingerprint density at radius 1 is 1.12 bits per heavy atom. The molecule has 0 aliphatic carbocycles. The maximum atomic E-state index is 11.9. The van der Waals surface area contributed by atoms with Crippen molar-refractivity contribution < 1.29 is 14.3 Å². The third kappa shape index (κ3) is 7.31. The minimum atomic E-state index is -0.568. The Morgan fingerprint density at radius 3 is 2.33 bits per heavy atom. The molecule has 0 radical (unpaired) electrons. The van der Waals surface area contributed by atoms with Crippen molar-refractivity contribution in [3.63, 3.8) is 0 Å². The van der Waals surface area contributed by atoms with Gasteiger partial charge in [0.1, 0.15) is 5.60 Å². The van der Waals surface area contributed by atoms with Gasteiger partial charge in [-0.05, 0) is 51.3 Å². The Morgan fingerprint density at radius 2 is 1.75 bits per heavy atom. The number of benzene rings is 1. The molecular formula is C19H28N2O3. The summed E-state index contributed by atoms with van der Waals surface area (Å²) in [6.45, 7) is 11.5. The van der Waals surface area contributed by atoms with Gasteiger partial charge >= 0.3 is 6.09 Å². The summed E-state index contributed by atoms with van der Waals surface area (Å²) in [5.74, 6) is 0.201. The van der Waals surface area contributed by atoms with Crippen LogP contribution in [-0.2, 0) is 9.53 Å². The summed E-state index contributed by atoms with van der Waals surface area (Å²) < 4.78 is 5.25. The van der Waals surface area contributed by atoms with Crippen LogP contribution in [0.15, 0.2) is 30.3 Å². The Hall–Kier alpha value is -2.30. The van der Waals surface area contributed by atoms with Crippen LogP contribution < -0.4 is 10.6 Å². The fourth-order valence-electron chi connectivity index (χ4n) is 1.77. The van der Waals surface area contributed by atoms with Crippen LogP contribution in [0.3, 0.4) is 0 Å². The first-order valence-electron chi connectivity index (χ1n) is 8.16. The molecule has 1 aromatic rings. The molecule has 0 aromatic heterocycles. The molecule has 0 fully saturated rings. The van der Waals surface area contributed by atoms with Gasteiger partial charge in [0.25, 0.3) is 0 Å². The highest BCUT2D eigenvalue weighted by Crippen LogP contribution is 2.18. The molecule has 0 aliphatic rings. The van der Waals surface area contributed by atoms with E-state index in [-0.39, 0.29) is 11.9 Å². The zero-order valence-electron chi connectivity index (χ0n) is 15.3. The highest BCUT2D eigenvalue weighted by Gasteiger charge is 2.16. The third-order valence-electron chi connectivity index (χ3n) is 3.38. The molecule has 24 heavy (non-hydrogen) atoms. The van der Waals surface area contributed by atoms with Crippen molar-refractivity contribution in [2.45, 2.75) is 53.2 Å². The zero-order chi connectivity index (χ0) is 18.3. The molecule has 0 aliphatic heterocycles. The molecule has 1 atom stereocenters. The molecule has 5 heteroatoms. The molecule has 2 amide bonds. The maximum absolute atomic E-state index is 11.9. The summed E-state index contributed by atoms with van der Waals surface area (Å²) in [6.07, 6.45) is 2.62. The second-order valence-electron chi connectivity index (χ2n) is 7.09. The van der Waals surface area contributed by atoms with Crippen LogP contribution in [0.5, 0.6) is 0 Å². The van der Waals surface area contributed by atoms with E-state index < -0.39 is 11.7 Å². The molecule has 2 N–H and O–H groups in total. The van der Waals surface area contributed by atoms with Gasteiger partial charge < -0.3 is 10.1 Å². The van der Waals surface area contributed by atoms with Crippen LogP contribution in [0, 0.1) is 5.92 Å². The lowest BCUT2D eigenvalue weighted by molar-refractivity contribution is -0.117. The first-order chi connectivity index (χ1) is 11.1. The molecule has 1 rings (SSSR count). The van der Waals surface area contributed by atoms with Crippen LogP contribution in [0.2, 0.25) is 0 Å². The van der Waals surface area contributed by atoms with Crippen molar-refractivity contribution in [2.75, 3.05) is 5.32 Å². The van der Waals surface area contributed by atoms with Crippen LogP contribution >= 0.6 is 0 Å². The number of hydrogen-bond acceptors (Lipinski definition) is 3. The first kappa shape index (κ1) is 19.7. The van der Waals surface area contributed by atoms with Gasteiger partial charge in [0.15, 0.2) is 0 Å². The SMILES string of the molecule is CC(C)[C@H](C)NC(=O)C=Cc1ccccc1NC(=O)OC(C)(C)C. The lowest BCUT2D eigenvalue weighted by Crippen LogP contribution is -2.34. The van der Waals surface area contributed by atoms with Gasteiger partial charge in [-0.3, -0.25) is 10.1 Å². The van der Waals surface area contributed by atoms with Gasteiger partial charge in [-0.1, -0.05) is 32.0 Å². The van der Waals surface area contributed by atoms with Crippen molar-refractivity contribution in [2.24, 2.45) is 5.92 Å². The van der Waals surface area contributed by atoms with E-state index in [9.17, 15) is 9.59 Å². The highest BCUT2D eigenvalue weighted by atomic mass is 16.6. The summed E-state index contributed by atoms with van der Waals surface area (Å²) in [5.41, 5.74) is 0.755. The van der Waals surface area contributed by atoms with Crippen molar-refractivity contribution in [3.8, 4) is 0 Å². The van der Waals surface area contributed by atoms with Gasteiger partial charge in [0, 0.05) is 12.1 Å². The number of anilines is 1. The molecule has 0 saturated carbocycles. The van der Waals surface area contributed by atoms with Gasteiger partial charge in [-0.2, -0.15) is 0 Å². The van der Waals surface area contributed by atoms with E-state index in [1.165, 1.54) is 6.08 Å². The normalized spacial score (nSPS) is 13.0. The second kappa shape index (κ2) is 8.52. The van der Waals surface area contributed by atoms with Gasteiger partial charge in [0.05, 0.1) is 5.69 Å². The monoisotopic (exact) mass is 332 g/mol. The number of amides is 2. The molecular weight excluding hydrogens is 304 g/mol. The summed E-state index contributed by atoms with van der Waals surface area (Å²) >= 11 is 0. The topological polar surface area (TPSA) is 67.4 Å². The lowest BCUT2D eigenvalue weighted by Gasteiger charge is -2.20. The minimum Gasteiger partial charge on any atom is -0.444 e. The number of nitrogens with one attached hydrogen (secondary N) is 2. The van der Waals surface area contributed by atoms with Crippen LogP contribution in [-0.4, -0.2) is 23.6 Å². The van der Waals surface area contributed by atoms with E-state index in [1.807, 2.05) is 25.1 Å². The molecule has 5 nitrogen and oxygen atoms in total. The number of para-hydroxylation sites is 1. The number of rotatable bonds is 5. The van der Waals surface area contributed by atoms with Gasteiger partial charge in [-0.15, -0.1) is 0 Å². The molecule has 0 heterocycles. The van der Waals surface area contributed by atoms with E-state index >= 15 is 0 Å². The summed E-state index contributed by atoms with van der Waals surface area (Å²) in [7, 11) is 0. The molecule has 0 bridgehead atoms. The Balaban J connectivity index is 2.78. The first-order valence-corrected chi connectivity index (χ1v) is 8.16. The van der Waals surface area contributed by atoms with E-state index in [1.54, 1.807) is 32.9 Å². The molecule has 1 aromatic carbocycles. The van der Waals surface area contributed by atoms with Crippen molar-refractivity contribution in [1.82, 2.24) is 5.32 Å². The molecule has 132 valence electrons. The van der Waals surface area contributed by atoms with E-state index in [4.69, 9.17) is 4.74 Å². The summed E-state index contributed by atoms with van der Waals surface area (Å²) in [5, 5.41) is 5.61. The molecule has 0 spiro atoms. The quantitative estimate of drug-likeness (QED) is 0.794. The zero-order valence-corrected chi connectivity index (χ0v) is 15.3.